The van der Waals surface area contributed by atoms with Crippen molar-refractivity contribution >= 4 is 9.05 Å². The fourth-order valence-corrected chi connectivity index (χ4v) is 1.88. The van der Waals surface area contributed by atoms with Crippen molar-refractivity contribution in [1.82, 2.24) is 0 Å². The van der Waals surface area contributed by atoms with Gasteiger partial charge in [-0.2, -0.15) is 0 Å². The molecule has 0 radical (unpaired) electrons. The van der Waals surface area contributed by atoms with Gasteiger partial charge < -0.3 is 32.3 Å². The fraction of sp³-hybridized carbons (Fsp3) is 0.667. The van der Waals surface area contributed by atoms with Crippen LogP contribution >= 0.6 is 0 Å². The molecule has 0 amide bonds. The maximum atomic E-state index is 10.5. The summed E-state index contributed by atoms with van der Waals surface area (Å²) in [7, 11) is -4.17. The van der Waals surface area contributed by atoms with Crippen molar-refractivity contribution in [3.05, 3.63) is 0 Å². The Bertz CT molecular complexity index is 485. The van der Waals surface area contributed by atoms with Crippen molar-refractivity contribution < 1.29 is 32.3 Å². The summed E-state index contributed by atoms with van der Waals surface area (Å²) in [6, 6.07) is 0. The van der Waals surface area contributed by atoms with Gasteiger partial charge in [-0.15, -0.1) is 19.3 Å². The van der Waals surface area contributed by atoms with Crippen molar-refractivity contribution in [1.29, 1.82) is 0 Å². The molecular weight excluding hydrogens is 356 g/mol. The molecule has 0 saturated heterocycles. The summed E-state index contributed by atoms with van der Waals surface area (Å²) in [4.78, 5) is 10.5. The van der Waals surface area contributed by atoms with Gasteiger partial charge in [-0.05, 0) is 41.5 Å². The molecule has 0 aromatic carbocycles. The van der Waals surface area contributed by atoms with Crippen LogP contribution in [0.25, 0.3) is 0 Å². The second-order valence-electron chi connectivity index (χ2n) is 6.71. The highest BCUT2D eigenvalue weighted by Gasteiger charge is 2.43. The van der Waals surface area contributed by atoms with Gasteiger partial charge in [0.05, 0.1) is 0 Å². The highest BCUT2D eigenvalue weighted by atomic mass is 28.4. The summed E-state index contributed by atoms with van der Waals surface area (Å²) in [5.41, 5.74) is -2.67. The molecule has 8 heteroatoms. The van der Waals surface area contributed by atoms with Crippen molar-refractivity contribution in [2.45, 2.75) is 58.3 Å². The predicted octanol–water partition coefficient (Wildman–Crippen LogP) is 1.62. The lowest BCUT2D eigenvalue weighted by atomic mass is 10.2. The van der Waals surface area contributed by atoms with Crippen LogP contribution in [0.4, 0.5) is 0 Å². The lowest BCUT2D eigenvalue weighted by molar-refractivity contribution is -0.167. The fourth-order valence-electron chi connectivity index (χ4n) is 1.00. The van der Waals surface area contributed by atoms with Gasteiger partial charge in [-0.3, -0.25) is 0 Å². The minimum absolute atomic E-state index is 0.364. The molecule has 0 unspecified atom stereocenters. The van der Waals surface area contributed by atoms with E-state index >= 15 is 0 Å². The Morgan fingerprint density at radius 1 is 0.654 bits per heavy atom. The van der Waals surface area contributed by atoms with Crippen molar-refractivity contribution in [3.63, 3.8) is 0 Å². The van der Waals surface area contributed by atoms with E-state index < -0.39 is 25.9 Å². The number of hydrogen-bond donors (Lipinski definition) is 1. The maximum absolute atomic E-state index is 10.5. The summed E-state index contributed by atoms with van der Waals surface area (Å²) in [5.74, 6) is 7.28. The van der Waals surface area contributed by atoms with Gasteiger partial charge in [-0.25, -0.2) is 0 Å². The first-order valence-electron chi connectivity index (χ1n) is 7.80. The van der Waals surface area contributed by atoms with E-state index in [1.807, 2.05) is 0 Å². The van der Waals surface area contributed by atoms with Crippen molar-refractivity contribution in [2.75, 3.05) is 20.4 Å². The third-order valence-electron chi connectivity index (χ3n) is 3.03. The van der Waals surface area contributed by atoms with E-state index in [-0.39, 0.29) is 20.4 Å². The standard InChI is InChI=1S/C18H28O7Si/c1-10-16(4,5)20-13-23-26(19,24-14-21-17(6,7)11-2)25-15-22-18(8,9)12-3/h1-3,19H,13-15H2,4-9H3. The second kappa shape index (κ2) is 10.1. The van der Waals surface area contributed by atoms with Crippen LogP contribution in [0.2, 0.25) is 0 Å². The molecular formula is C18H28O7Si. The molecule has 0 aliphatic carbocycles. The van der Waals surface area contributed by atoms with Crippen LogP contribution in [-0.2, 0) is 27.5 Å². The molecule has 0 aliphatic rings. The molecule has 0 rings (SSSR count). The highest BCUT2D eigenvalue weighted by molar-refractivity contribution is 6.51. The van der Waals surface area contributed by atoms with E-state index in [9.17, 15) is 4.80 Å². The predicted molar refractivity (Wildman–Crippen MR) is 97.8 cm³/mol. The lowest BCUT2D eigenvalue weighted by Crippen LogP contribution is -2.49. The molecule has 26 heavy (non-hydrogen) atoms. The topological polar surface area (TPSA) is 75.6 Å². The van der Waals surface area contributed by atoms with Crippen molar-refractivity contribution in [3.8, 4) is 37.0 Å². The van der Waals surface area contributed by atoms with Gasteiger partial charge in [0, 0.05) is 0 Å². The molecule has 7 nitrogen and oxygen atoms in total. The zero-order valence-electron chi connectivity index (χ0n) is 16.3. The zero-order chi connectivity index (χ0) is 20.5. The van der Waals surface area contributed by atoms with Gasteiger partial charge in [-0.1, -0.05) is 17.8 Å². The quantitative estimate of drug-likeness (QED) is 0.311. The molecule has 0 saturated carbocycles. The Kier molecular flexibility index (Phi) is 9.54. The molecule has 0 aromatic rings. The van der Waals surface area contributed by atoms with Crippen LogP contribution in [-0.4, -0.2) is 51.0 Å². The number of rotatable bonds is 12. The van der Waals surface area contributed by atoms with Crippen LogP contribution in [0.5, 0.6) is 0 Å². The summed E-state index contributed by atoms with van der Waals surface area (Å²) >= 11 is 0. The molecule has 0 aromatic heterocycles. The molecule has 0 fully saturated rings. The van der Waals surface area contributed by atoms with E-state index in [0.717, 1.165) is 0 Å². The van der Waals surface area contributed by atoms with Gasteiger partial charge in [0.15, 0.2) is 0 Å². The second-order valence-corrected chi connectivity index (χ2v) is 8.62. The molecule has 0 atom stereocenters. The highest BCUT2D eigenvalue weighted by Crippen LogP contribution is 2.15. The Hall–Kier alpha value is -1.38. The maximum Gasteiger partial charge on any atom is 0.682 e. The van der Waals surface area contributed by atoms with Crippen LogP contribution < -0.4 is 0 Å². The minimum Gasteiger partial charge on any atom is -0.367 e. The summed E-state index contributed by atoms with van der Waals surface area (Å²) in [6.07, 6.45) is 16.0. The Morgan fingerprint density at radius 2 is 0.885 bits per heavy atom. The van der Waals surface area contributed by atoms with Crippen LogP contribution in [0.1, 0.15) is 41.5 Å². The Balaban J connectivity index is 4.78. The third-order valence-corrected chi connectivity index (χ3v) is 4.47. The van der Waals surface area contributed by atoms with Crippen molar-refractivity contribution in [2.24, 2.45) is 0 Å². The molecule has 1 N–H and O–H groups in total. The van der Waals surface area contributed by atoms with Gasteiger partial charge >= 0.3 is 9.05 Å². The molecule has 0 aliphatic heterocycles. The van der Waals surface area contributed by atoms with E-state index in [4.69, 9.17) is 46.8 Å². The number of terminal acetylenes is 3. The van der Waals surface area contributed by atoms with E-state index in [1.165, 1.54) is 0 Å². The third kappa shape index (κ3) is 10.6. The first-order valence-corrected chi connectivity index (χ1v) is 9.47. The average Bonchev–Trinajstić information content (AvgIpc) is 2.54. The van der Waals surface area contributed by atoms with Crippen LogP contribution in [0.3, 0.4) is 0 Å². The molecule has 0 bridgehead atoms. The summed E-state index contributed by atoms with van der Waals surface area (Å²) in [5, 5.41) is 0. The summed E-state index contributed by atoms with van der Waals surface area (Å²) < 4.78 is 31.7. The van der Waals surface area contributed by atoms with Crippen LogP contribution in [0, 0.1) is 37.0 Å². The SMILES string of the molecule is C#CC(C)(C)OCO[Si](O)(OCOC(C)(C)C#C)OCOC(C)(C)C#C. The average molecular weight is 385 g/mol. The molecule has 146 valence electrons. The first kappa shape index (κ1) is 24.6. The number of ether oxygens (including phenoxy) is 3. The number of hydrogen-bond acceptors (Lipinski definition) is 7. The van der Waals surface area contributed by atoms with E-state index in [2.05, 4.69) is 17.8 Å². The molecule has 0 heterocycles. The van der Waals surface area contributed by atoms with Gasteiger partial charge in [0.25, 0.3) is 0 Å². The van der Waals surface area contributed by atoms with E-state index in [0.29, 0.717) is 0 Å². The largest absolute Gasteiger partial charge is 0.682 e. The smallest absolute Gasteiger partial charge is 0.367 e. The van der Waals surface area contributed by atoms with Gasteiger partial charge in [0.2, 0.25) is 0 Å². The summed E-state index contributed by atoms with van der Waals surface area (Å²) in [6.45, 7) is 8.88. The lowest BCUT2D eigenvalue weighted by Gasteiger charge is -2.28. The monoisotopic (exact) mass is 384 g/mol. The van der Waals surface area contributed by atoms with Crippen LogP contribution in [0.15, 0.2) is 0 Å². The molecule has 0 spiro atoms. The normalized spacial score (nSPS) is 12.9. The minimum atomic E-state index is -4.17. The zero-order valence-corrected chi connectivity index (χ0v) is 17.3. The van der Waals surface area contributed by atoms with E-state index in [1.54, 1.807) is 41.5 Å². The Morgan fingerprint density at radius 3 is 1.08 bits per heavy atom. The first-order chi connectivity index (χ1) is 11.8. The van der Waals surface area contributed by atoms with Gasteiger partial charge in [0.1, 0.15) is 37.2 Å². The Labute approximate surface area is 157 Å².